The van der Waals surface area contributed by atoms with E-state index in [0.29, 0.717) is 43.1 Å². The van der Waals surface area contributed by atoms with Gasteiger partial charge in [0.1, 0.15) is 17.7 Å². The number of ether oxygens (including phenoxy) is 3. The fourth-order valence-corrected chi connectivity index (χ4v) is 4.25. The van der Waals surface area contributed by atoms with Gasteiger partial charge >= 0.3 is 23.7 Å². The molecule has 0 spiro atoms. The van der Waals surface area contributed by atoms with E-state index < -0.39 is 48.7 Å². The summed E-state index contributed by atoms with van der Waals surface area (Å²) >= 11 is 0. The molecule has 218 valence electrons. The molecule has 2 heterocycles. The monoisotopic (exact) mass is 565 g/mol. The lowest BCUT2D eigenvalue weighted by Crippen LogP contribution is -2.44. The van der Waals surface area contributed by atoms with Crippen LogP contribution in [0.4, 0.5) is 19.4 Å². The van der Waals surface area contributed by atoms with Gasteiger partial charge in [0, 0.05) is 25.5 Å². The second-order valence-corrected chi connectivity index (χ2v) is 9.26. The topological polar surface area (TPSA) is 146 Å². The average Bonchev–Trinajstić information content (AvgIpc) is 3.16. The number of carbonyl (C=O) groups is 3. The molecule has 1 aliphatic rings. The van der Waals surface area contributed by atoms with Crippen LogP contribution in [0.5, 0.6) is 0 Å². The number of unbranched alkanes of at least 4 members (excludes halogenated alkanes) is 3. The quantitative estimate of drug-likeness (QED) is 0.260. The van der Waals surface area contributed by atoms with Crippen LogP contribution in [0.15, 0.2) is 47.4 Å². The molecule has 2 aromatic rings. The first-order chi connectivity index (χ1) is 19.1. The number of ketones is 1. The fraction of sp³-hybridized carbons (Fsp3) is 0.519. The molecule has 0 radical (unpaired) electrons. The van der Waals surface area contributed by atoms with E-state index >= 15 is 8.78 Å². The number of nitrogens with one attached hydrogen (secondary N) is 1. The van der Waals surface area contributed by atoms with Crippen molar-refractivity contribution >= 4 is 23.7 Å². The van der Waals surface area contributed by atoms with Crippen molar-refractivity contribution in [2.75, 3.05) is 18.5 Å². The highest BCUT2D eigenvalue weighted by Gasteiger charge is 2.62. The third-order valence-electron chi connectivity index (χ3n) is 6.21. The average molecular weight is 566 g/mol. The van der Waals surface area contributed by atoms with Gasteiger partial charge < -0.3 is 19.3 Å². The van der Waals surface area contributed by atoms with Gasteiger partial charge in [0.25, 0.3) is 0 Å². The predicted octanol–water partition coefficient (Wildman–Crippen LogP) is 3.40. The molecule has 1 aromatic heterocycles. The Kier molecular flexibility index (Phi) is 11.3. The van der Waals surface area contributed by atoms with Crippen LogP contribution in [-0.4, -0.2) is 63.8 Å². The zero-order chi connectivity index (χ0) is 29.1. The normalized spacial score (nSPS) is 19.6. The maximum absolute atomic E-state index is 15.2. The van der Waals surface area contributed by atoms with Gasteiger partial charge in [-0.1, -0.05) is 43.2 Å². The molecule has 3 rings (SSSR count). The Hall–Kier alpha value is -3.71. The van der Waals surface area contributed by atoms with Gasteiger partial charge in [0.2, 0.25) is 6.23 Å². The highest BCUT2D eigenvalue weighted by Crippen LogP contribution is 2.44. The first kappa shape index (κ1) is 30.8. The van der Waals surface area contributed by atoms with Gasteiger partial charge in [-0.05, 0) is 31.4 Å². The summed E-state index contributed by atoms with van der Waals surface area (Å²) in [6, 6.07) is 10.5. The Bertz CT molecular complexity index is 1210. The van der Waals surface area contributed by atoms with Crippen LogP contribution in [0.25, 0.3) is 0 Å². The van der Waals surface area contributed by atoms with Gasteiger partial charge in [0.15, 0.2) is 6.10 Å². The Balaban J connectivity index is 1.47. The molecular formula is C27H33F2N3O8. The van der Waals surface area contributed by atoms with E-state index in [4.69, 9.17) is 9.47 Å². The molecule has 13 heteroatoms. The maximum atomic E-state index is 15.2. The summed E-state index contributed by atoms with van der Waals surface area (Å²) in [4.78, 5) is 51.8. The minimum Gasteiger partial charge on any atom is -0.453 e. The van der Waals surface area contributed by atoms with Crippen LogP contribution in [0.2, 0.25) is 0 Å². The van der Waals surface area contributed by atoms with Crippen LogP contribution in [0.1, 0.15) is 57.2 Å². The third-order valence-corrected chi connectivity index (χ3v) is 6.21. The second kappa shape index (κ2) is 14.6. The number of Topliss-reactive ketones (excluding diaryl/α,β-unsaturated/α-hetero) is 1. The van der Waals surface area contributed by atoms with Crippen LogP contribution in [0, 0.1) is 0 Å². The van der Waals surface area contributed by atoms with Crippen molar-refractivity contribution < 1.29 is 42.5 Å². The van der Waals surface area contributed by atoms with Gasteiger partial charge in [-0.3, -0.25) is 19.5 Å². The molecule has 0 aliphatic carbocycles. The van der Waals surface area contributed by atoms with E-state index in [0.717, 1.165) is 17.8 Å². The van der Waals surface area contributed by atoms with Gasteiger partial charge in [-0.2, -0.15) is 13.8 Å². The number of benzene rings is 1. The highest BCUT2D eigenvalue weighted by molar-refractivity contribution is 5.83. The number of alkyl halides is 2. The van der Waals surface area contributed by atoms with Crippen molar-refractivity contribution in [3.05, 3.63) is 58.6 Å². The summed E-state index contributed by atoms with van der Waals surface area (Å²) in [5.41, 5.74) is -0.208. The maximum Gasteiger partial charge on any atom is 0.412 e. The summed E-state index contributed by atoms with van der Waals surface area (Å²) < 4.78 is 45.8. The van der Waals surface area contributed by atoms with Gasteiger partial charge in [-0.15, -0.1) is 0 Å². The van der Waals surface area contributed by atoms with Crippen LogP contribution >= 0.6 is 0 Å². The van der Waals surface area contributed by atoms with Gasteiger partial charge in [0.05, 0.1) is 13.2 Å². The minimum absolute atomic E-state index is 0.0733. The first-order valence-electron chi connectivity index (χ1n) is 13.1. The number of hydrogen-bond donors (Lipinski definition) is 2. The molecule has 1 fully saturated rings. The number of aliphatic hydroxyl groups is 1. The largest absolute Gasteiger partial charge is 0.453 e. The van der Waals surface area contributed by atoms with E-state index in [-0.39, 0.29) is 24.6 Å². The van der Waals surface area contributed by atoms with Crippen molar-refractivity contribution in [1.29, 1.82) is 0 Å². The summed E-state index contributed by atoms with van der Waals surface area (Å²) in [5.74, 6) is -4.86. The lowest BCUT2D eigenvalue weighted by molar-refractivity contribution is -0.176. The Morgan fingerprint density at radius 1 is 1.10 bits per heavy atom. The smallest absolute Gasteiger partial charge is 0.412 e. The van der Waals surface area contributed by atoms with Crippen molar-refractivity contribution in [2.24, 2.45) is 0 Å². The van der Waals surface area contributed by atoms with Crippen LogP contribution < -0.4 is 11.0 Å². The standard InChI is InChI=1S/C27H33F2N3O8/c1-2-38-26(37)31-21-14-15-32(25(36)30-21)24-27(28,29)23(20(17-33)39-24)40-22(35)13-9-4-3-8-12-19(34)16-18-10-6-5-7-11-18/h5-7,10-11,14-15,20,23-24,33H,2-4,8-9,12-13,16-17H2,1H3,(H,30,31,36,37)/t20-,23-,24-/m1/s1. The number of esters is 1. The molecule has 11 nitrogen and oxygen atoms in total. The zero-order valence-electron chi connectivity index (χ0n) is 22.1. The lowest BCUT2D eigenvalue weighted by atomic mass is 10.0. The second-order valence-electron chi connectivity index (χ2n) is 9.26. The van der Waals surface area contributed by atoms with Crippen LogP contribution in [-0.2, 0) is 30.2 Å². The number of nitrogens with zero attached hydrogens (tertiary/aromatic N) is 2. The predicted molar refractivity (Wildman–Crippen MR) is 138 cm³/mol. The molecule has 0 unspecified atom stereocenters. The number of carbonyl (C=O) groups excluding carboxylic acids is 3. The SMILES string of the molecule is CCOC(=O)Nc1ccn([C@@H]2O[C@H](CO)[C@@H](OC(=O)CCCCCCC(=O)Cc3ccccc3)C2(F)F)c(=O)n1. The van der Waals surface area contributed by atoms with Crippen LogP contribution in [0.3, 0.4) is 0 Å². The van der Waals surface area contributed by atoms with Crippen molar-refractivity contribution in [3.8, 4) is 0 Å². The lowest BCUT2D eigenvalue weighted by Gasteiger charge is -2.24. The molecule has 40 heavy (non-hydrogen) atoms. The number of anilines is 1. The molecule has 1 amide bonds. The zero-order valence-corrected chi connectivity index (χ0v) is 22.1. The van der Waals surface area contributed by atoms with E-state index in [2.05, 4.69) is 15.0 Å². The molecule has 1 saturated heterocycles. The summed E-state index contributed by atoms with van der Waals surface area (Å²) in [6.07, 6.45) is -2.88. The Labute approximate surface area is 229 Å². The summed E-state index contributed by atoms with van der Waals surface area (Å²) in [5, 5.41) is 11.8. The molecular weight excluding hydrogens is 532 g/mol. The summed E-state index contributed by atoms with van der Waals surface area (Å²) in [7, 11) is 0. The highest BCUT2D eigenvalue weighted by atomic mass is 19.3. The van der Waals surface area contributed by atoms with E-state index in [1.165, 1.54) is 0 Å². The number of aliphatic hydroxyl groups excluding tert-OH is 1. The fourth-order valence-electron chi connectivity index (χ4n) is 4.25. The van der Waals surface area contributed by atoms with Gasteiger partial charge in [-0.25, -0.2) is 9.59 Å². The molecule has 1 aromatic carbocycles. The number of aromatic nitrogens is 2. The van der Waals surface area contributed by atoms with E-state index in [9.17, 15) is 24.3 Å². The molecule has 3 atom stereocenters. The Morgan fingerprint density at radius 3 is 2.45 bits per heavy atom. The number of rotatable bonds is 14. The van der Waals surface area contributed by atoms with Crippen molar-refractivity contribution in [3.63, 3.8) is 0 Å². The van der Waals surface area contributed by atoms with E-state index in [1.807, 2.05) is 30.3 Å². The van der Waals surface area contributed by atoms with Crippen molar-refractivity contribution in [1.82, 2.24) is 9.55 Å². The molecule has 0 bridgehead atoms. The number of hydrogen-bond acceptors (Lipinski definition) is 9. The molecule has 2 N–H and O–H groups in total. The first-order valence-corrected chi connectivity index (χ1v) is 13.1. The summed E-state index contributed by atoms with van der Waals surface area (Å²) in [6.45, 7) is 0.763. The number of amides is 1. The van der Waals surface area contributed by atoms with E-state index in [1.54, 1.807) is 6.92 Å². The minimum atomic E-state index is -3.87. The molecule has 0 saturated carbocycles. The number of halogens is 2. The van der Waals surface area contributed by atoms with Crippen molar-refractivity contribution in [2.45, 2.75) is 76.2 Å². The molecule has 1 aliphatic heterocycles. The Morgan fingerprint density at radius 2 is 1.80 bits per heavy atom. The third kappa shape index (κ3) is 8.39.